The minimum Gasteiger partial charge on any atom is -1.00 e. The maximum absolute atomic E-state index is 13.4. The predicted molar refractivity (Wildman–Crippen MR) is 121 cm³/mol. The molecular formula is C25H28BrNO7. The number of allylic oxidation sites excluding steroid dienone is 1. The molecule has 34 heavy (non-hydrogen) atoms. The molecule has 0 spiro atoms. The van der Waals surface area contributed by atoms with Gasteiger partial charge in [-0.2, -0.15) is 0 Å². The van der Waals surface area contributed by atoms with Crippen molar-refractivity contribution >= 4 is 17.8 Å². The van der Waals surface area contributed by atoms with Crippen LogP contribution in [0.3, 0.4) is 0 Å². The molecule has 0 bridgehead atoms. The van der Waals surface area contributed by atoms with E-state index in [2.05, 4.69) is 0 Å². The summed E-state index contributed by atoms with van der Waals surface area (Å²) in [5, 5.41) is 0. The fourth-order valence-electron chi connectivity index (χ4n) is 4.44. The number of benzene rings is 2. The molecule has 8 nitrogen and oxygen atoms in total. The summed E-state index contributed by atoms with van der Waals surface area (Å²) in [5.74, 6) is 1.71. The van der Waals surface area contributed by atoms with Gasteiger partial charge in [-0.15, -0.1) is 0 Å². The molecule has 0 aromatic heterocycles. The number of rotatable bonds is 7. The zero-order valence-electron chi connectivity index (χ0n) is 19.7. The Balaban J connectivity index is 0.00000324. The average molecular weight is 534 g/mol. The van der Waals surface area contributed by atoms with Crippen molar-refractivity contribution in [3.8, 4) is 23.0 Å². The smallest absolute Gasteiger partial charge is 0.361 e. The number of hydrogen-bond donors (Lipinski definition) is 0. The molecule has 2 aromatic carbocycles. The van der Waals surface area contributed by atoms with Crippen LogP contribution >= 0.6 is 0 Å². The highest BCUT2D eigenvalue weighted by molar-refractivity contribution is 6.11. The van der Waals surface area contributed by atoms with Crippen LogP contribution in [-0.4, -0.2) is 64.5 Å². The lowest BCUT2D eigenvalue weighted by Crippen LogP contribution is -3.00. The summed E-state index contributed by atoms with van der Waals surface area (Å²) in [6, 6.07) is 7.44. The van der Waals surface area contributed by atoms with E-state index in [9.17, 15) is 9.59 Å². The average Bonchev–Trinajstić information content (AvgIpc) is 3.30. The Morgan fingerprint density at radius 3 is 2.38 bits per heavy atom. The Labute approximate surface area is 209 Å². The SMILES string of the molecule is COC(=O)C[N+]1(C)CCc2c(c(OC)c3c(c2C(=O)C=Cc2ccc(OC)cc2)OCO3)C1.[Br-]. The number of nitrogens with zero attached hydrogens (tertiary/aromatic N) is 1. The first-order chi connectivity index (χ1) is 15.9. The molecule has 2 aliphatic heterocycles. The third-order valence-corrected chi connectivity index (χ3v) is 6.16. The van der Waals surface area contributed by atoms with E-state index in [4.69, 9.17) is 23.7 Å². The van der Waals surface area contributed by atoms with E-state index in [-0.39, 0.29) is 42.1 Å². The number of quaternary nitrogens is 1. The summed E-state index contributed by atoms with van der Waals surface area (Å²) >= 11 is 0. The summed E-state index contributed by atoms with van der Waals surface area (Å²) in [7, 11) is 6.56. The highest BCUT2D eigenvalue weighted by Crippen LogP contribution is 2.50. The highest BCUT2D eigenvalue weighted by Gasteiger charge is 2.40. The Kier molecular flexibility index (Phi) is 7.89. The lowest BCUT2D eigenvalue weighted by molar-refractivity contribution is -0.917. The van der Waals surface area contributed by atoms with Crippen LogP contribution in [0.1, 0.15) is 27.0 Å². The van der Waals surface area contributed by atoms with Crippen molar-refractivity contribution in [3.05, 3.63) is 52.6 Å². The van der Waals surface area contributed by atoms with E-state index >= 15 is 0 Å². The maximum atomic E-state index is 13.4. The van der Waals surface area contributed by atoms with Crippen molar-refractivity contribution in [2.75, 3.05) is 48.3 Å². The summed E-state index contributed by atoms with van der Waals surface area (Å²) in [5.41, 5.74) is 3.11. The van der Waals surface area contributed by atoms with Gasteiger partial charge in [-0.05, 0) is 29.3 Å². The molecule has 0 N–H and O–H groups in total. The predicted octanol–water partition coefficient (Wildman–Crippen LogP) is 0.00830. The van der Waals surface area contributed by atoms with Gasteiger partial charge in [-0.25, -0.2) is 4.79 Å². The Bertz CT molecular complexity index is 1110. The van der Waals surface area contributed by atoms with Crippen molar-refractivity contribution in [2.24, 2.45) is 0 Å². The first kappa shape index (κ1) is 25.6. The summed E-state index contributed by atoms with van der Waals surface area (Å²) < 4.78 is 27.6. The third kappa shape index (κ3) is 4.90. The number of likely N-dealkylation sites (N-methyl/N-ethyl adjacent to an activating group) is 1. The van der Waals surface area contributed by atoms with E-state index in [0.717, 1.165) is 22.4 Å². The number of methoxy groups -OCH3 is 3. The second-order valence-corrected chi connectivity index (χ2v) is 8.39. The van der Waals surface area contributed by atoms with Gasteiger partial charge >= 0.3 is 5.97 Å². The first-order valence-corrected chi connectivity index (χ1v) is 10.7. The summed E-state index contributed by atoms with van der Waals surface area (Å²) in [4.78, 5) is 25.4. The number of hydrogen-bond acceptors (Lipinski definition) is 7. The van der Waals surface area contributed by atoms with Gasteiger partial charge in [0, 0.05) is 6.42 Å². The number of carbonyl (C=O) groups excluding carboxylic acids is 2. The number of ether oxygens (including phenoxy) is 5. The largest absolute Gasteiger partial charge is 1.00 e. The zero-order chi connectivity index (χ0) is 23.6. The Morgan fingerprint density at radius 1 is 1.03 bits per heavy atom. The summed E-state index contributed by atoms with van der Waals surface area (Å²) in [6.07, 6.45) is 3.90. The van der Waals surface area contributed by atoms with Crippen molar-refractivity contribution in [3.63, 3.8) is 0 Å². The quantitative estimate of drug-likeness (QED) is 0.214. The van der Waals surface area contributed by atoms with Crippen LogP contribution in [0, 0.1) is 0 Å². The van der Waals surface area contributed by atoms with Crippen molar-refractivity contribution in [1.82, 2.24) is 0 Å². The monoisotopic (exact) mass is 533 g/mol. The third-order valence-electron chi connectivity index (χ3n) is 6.16. The molecule has 0 aliphatic carbocycles. The number of carbonyl (C=O) groups is 2. The fraction of sp³-hybridized carbons (Fsp3) is 0.360. The van der Waals surface area contributed by atoms with Crippen molar-refractivity contribution in [1.29, 1.82) is 0 Å². The lowest BCUT2D eigenvalue weighted by atomic mass is 9.89. The molecule has 1 unspecified atom stereocenters. The maximum Gasteiger partial charge on any atom is 0.361 e. The minimum atomic E-state index is -0.278. The van der Waals surface area contributed by atoms with E-state index in [1.807, 2.05) is 31.3 Å². The second kappa shape index (κ2) is 10.5. The minimum absolute atomic E-state index is 0. The van der Waals surface area contributed by atoms with E-state index in [1.54, 1.807) is 26.4 Å². The van der Waals surface area contributed by atoms with Gasteiger partial charge in [-0.1, -0.05) is 18.2 Å². The molecule has 2 heterocycles. The molecular weight excluding hydrogens is 506 g/mol. The fourth-order valence-corrected chi connectivity index (χ4v) is 4.44. The van der Waals surface area contributed by atoms with E-state index < -0.39 is 0 Å². The molecule has 9 heteroatoms. The number of esters is 1. The zero-order valence-corrected chi connectivity index (χ0v) is 21.3. The van der Waals surface area contributed by atoms with Crippen LogP contribution in [0.25, 0.3) is 6.08 Å². The van der Waals surface area contributed by atoms with Gasteiger partial charge in [0.2, 0.25) is 12.5 Å². The van der Waals surface area contributed by atoms with Crippen molar-refractivity contribution < 1.29 is 54.7 Å². The second-order valence-electron chi connectivity index (χ2n) is 8.39. The van der Waals surface area contributed by atoms with Gasteiger partial charge < -0.3 is 45.1 Å². The van der Waals surface area contributed by atoms with Gasteiger partial charge in [0.1, 0.15) is 12.3 Å². The topological polar surface area (TPSA) is 80.3 Å². The number of ketones is 1. The molecule has 0 amide bonds. The van der Waals surface area contributed by atoms with Gasteiger partial charge in [-0.3, -0.25) is 4.79 Å². The lowest BCUT2D eigenvalue weighted by Gasteiger charge is -2.38. The van der Waals surface area contributed by atoms with Crippen LogP contribution < -0.4 is 35.9 Å². The van der Waals surface area contributed by atoms with Crippen LogP contribution in [0.4, 0.5) is 0 Å². The van der Waals surface area contributed by atoms with E-state index in [0.29, 0.717) is 46.8 Å². The molecule has 0 radical (unpaired) electrons. The normalized spacial score (nSPS) is 18.1. The highest BCUT2D eigenvalue weighted by atomic mass is 79.9. The van der Waals surface area contributed by atoms with Gasteiger partial charge in [0.15, 0.2) is 23.8 Å². The molecule has 0 fully saturated rings. The first-order valence-electron chi connectivity index (χ1n) is 10.7. The molecule has 182 valence electrons. The Hall–Kier alpha value is -3.04. The van der Waals surface area contributed by atoms with E-state index in [1.165, 1.54) is 7.11 Å². The van der Waals surface area contributed by atoms with Crippen LogP contribution in [0.2, 0.25) is 0 Å². The standard InChI is InChI=1S/C25H28NO7.BrH/c1-26(14-21(28)30-3)12-11-18-19(13-26)23(31-4)25-24(32-15-33-25)22(18)20(27)10-7-16-5-8-17(29-2)9-6-16;/h5-10H,11-15H2,1-4H3;1H/q+1;/p-1. The number of fused-ring (bicyclic) bond motifs is 2. The summed E-state index contributed by atoms with van der Waals surface area (Å²) in [6.45, 7) is 1.43. The molecule has 1 atom stereocenters. The molecule has 2 aromatic rings. The van der Waals surface area contributed by atoms with Crippen LogP contribution in [-0.2, 0) is 22.5 Å². The van der Waals surface area contributed by atoms with Crippen LogP contribution in [0.5, 0.6) is 23.0 Å². The van der Waals surface area contributed by atoms with Gasteiger partial charge in [0.05, 0.1) is 46.0 Å². The molecule has 2 aliphatic rings. The molecule has 0 saturated carbocycles. The van der Waals surface area contributed by atoms with Gasteiger partial charge in [0.25, 0.3) is 0 Å². The molecule has 0 saturated heterocycles. The Morgan fingerprint density at radius 2 is 1.74 bits per heavy atom. The van der Waals surface area contributed by atoms with Crippen molar-refractivity contribution in [2.45, 2.75) is 13.0 Å². The van der Waals surface area contributed by atoms with Crippen LogP contribution in [0.15, 0.2) is 30.3 Å². The number of halogens is 1. The molecule has 4 rings (SSSR count).